The number of halogens is 3. The highest BCUT2D eigenvalue weighted by Crippen LogP contribution is 2.34. The molecule has 0 saturated carbocycles. The largest absolute Gasteiger partial charge is 0.490 e. The highest BCUT2D eigenvalue weighted by atomic mass is 32.2. The number of methoxy groups -OCH3 is 1. The van der Waals surface area contributed by atoms with Crippen molar-refractivity contribution < 1.29 is 55.7 Å². The summed E-state index contributed by atoms with van der Waals surface area (Å²) in [7, 11) is -3.32. The van der Waals surface area contributed by atoms with E-state index in [9.17, 15) is 40.8 Å². The fraction of sp³-hybridized carbons (Fsp3) is 0.467. The average molecular weight is 876 g/mol. The number of nitrogens with one attached hydrogen (secondary N) is 2. The Labute approximate surface area is 359 Å². The van der Waals surface area contributed by atoms with Gasteiger partial charge in [-0.15, -0.1) is 0 Å². The lowest BCUT2D eigenvalue weighted by molar-refractivity contribution is -0.960. The number of anilines is 1. The minimum Gasteiger partial charge on any atom is -0.462 e. The molecule has 61 heavy (non-hydrogen) atoms. The molecule has 0 spiro atoms. The van der Waals surface area contributed by atoms with Crippen molar-refractivity contribution in [1.82, 2.24) is 10.2 Å². The number of esters is 1. The first kappa shape index (κ1) is 52.1. The highest BCUT2D eigenvalue weighted by molar-refractivity contribution is 7.92. The number of quaternary nitrogens is 2. The predicted molar refractivity (Wildman–Crippen MR) is 231 cm³/mol. The first-order valence-corrected chi connectivity index (χ1v) is 21.8. The number of rotatable bonds is 13. The molecule has 3 amide bonds. The van der Waals surface area contributed by atoms with Crippen LogP contribution in [0.15, 0.2) is 71.6 Å². The molecule has 336 valence electrons. The zero-order chi connectivity index (χ0) is 46.3. The molecular weight excluding hydrogens is 812 g/mol. The number of allylic oxidation sites excluding steroid dienone is 1. The van der Waals surface area contributed by atoms with Crippen LogP contribution in [-0.4, -0.2) is 81.5 Å². The van der Waals surface area contributed by atoms with Gasteiger partial charge in [0.2, 0.25) is 6.41 Å². The number of nitrogens with zero attached hydrogens (tertiary/aromatic N) is 2. The van der Waals surface area contributed by atoms with Gasteiger partial charge in [0.15, 0.2) is 0 Å². The van der Waals surface area contributed by atoms with Gasteiger partial charge in [-0.2, -0.15) is 13.2 Å². The zero-order valence-electron chi connectivity index (χ0n) is 37.2. The fourth-order valence-electron chi connectivity index (χ4n) is 7.37. The molecule has 1 saturated heterocycles. The Hall–Kier alpha value is -5.06. The maximum absolute atomic E-state index is 13.4. The van der Waals surface area contributed by atoms with Crippen LogP contribution in [0.1, 0.15) is 99.5 Å². The summed E-state index contributed by atoms with van der Waals surface area (Å²) >= 11 is 0. The molecule has 16 heteroatoms. The third kappa shape index (κ3) is 15.4. The summed E-state index contributed by atoms with van der Waals surface area (Å²) in [4.78, 5) is 46.2. The Morgan fingerprint density at radius 1 is 0.984 bits per heavy atom. The number of ether oxygens (including phenoxy) is 1. The molecular formula is C45H64F3N5O7S+2. The highest BCUT2D eigenvalue weighted by Gasteiger charge is 2.40. The molecule has 0 bridgehead atoms. The van der Waals surface area contributed by atoms with E-state index >= 15 is 0 Å². The third-order valence-electron chi connectivity index (χ3n) is 10.2. The van der Waals surface area contributed by atoms with Gasteiger partial charge in [-0.05, 0) is 92.1 Å². The predicted octanol–water partition coefficient (Wildman–Crippen LogP) is 7.26. The summed E-state index contributed by atoms with van der Waals surface area (Å²) in [5, 5.41) is 2.64. The Kier molecular flexibility index (Phi) is 19.4. The monoisotopic (exact) mass is 875 g/mol. The van der Waals surface area contributed by atoms with E-state index < -0.39 is 34.0 Å². The summed E-state index contributed by atoms with van der Waals surface area (Å²) in [6, 6.07) is 16.6. The van der Waals surface area contributed by atoms with Crippen LogP contribution in [0.3, 0.4) is 0 Å². The molecule has 1 fully saturated rings. The van der Waals surface area contributed by atoms with Gasteiger partial charge in [0, 0.05) is 47.5 Å². The normalized spacial score (nSPS) is 16.6. The zero-order valence-corrected chi connectivity index (χ0v) is 38.0. The van der Waals surface area contributed by atoms with Gasteiger partial charge < -0.3 is 20.3 Å². The van der Waals surface area contributed by atoms with E-state index in [1.54, 1.807) is 19.1 Å². The smallest absolute Gasteiger partial charge is 0.462 e. The molecule has 0 aliphatic carbocycles. The minimum absolute atomic E-state index is 0.00529. The van der Waals surface area contributed by atoms with Crippen LogP contribution in [0.5, 0.6) is 0 Å². The molecule has 1 heterocycles. The summed E-state index contributed by atoms with van der Waals surface area (Å²) in [6.45, 7) is 23.3. The quantitative estimate of drug-likeness (QED) is 0.0704. The van der Waals surface area contributed by atoms with Crippen LogP contribution in [0.4, 0.5) is 24.5 Å². The van der Waals surface area contributed by atoms with Gasteiger partial charge in [0.25, 0.3) is 21.8 Å². The van der Waals surface area contributed by atoms with E-state index in [1.165, 1.54) is 65.4 Å². The Bertz CT molecular complexity index is 2120. The number of imide groups is 1. The van der Waals surface area contributed by atoms with E-state index in [4.69, 9.17) is 0 Å². The number of carbonyl (C=O) groups excluding carboxylic acids is 4. The lowest BCUT2D eigenvalue weighted by Gasteiger charge is -2.44. The number of piperidine rings is 1. The van der Waals surface area contributed by atoms with Crippen molar-refractivity contribution in [3.05, 3.63) is 100 Å². The van der Waals surface area contributed by atoms with Crippen molar-refractivity contribution >= 4 is 45.6 Å². The van der Waals surface area contributed by atoms with E-state index in [-0.39, 0.29) is 34.7 Å². The molecule has 1 aliphatic rings. The number of aryl methyl sites for hydroxylation is 1. The second-order valence-electron chi connectivity index (χ2n) is 16.2. The molecule has 0 radical (unpaired) electrons. The van der Waals surface area contributed by atoms with Gasteiger partial charge >= 0.3 is 12.1 Å². The van der Waals surface area contributed by atoms with Gasteiger partial charge in [-0.25, -0.2) is 13.2 Å². The lowest BCUT2D eigenvalue weighted by Crippen LogP contribution is -2.52. The second-order valence-corrected chi connectivity index (χ2v) is 17.8. The van der Waals surface area contributed by atoms with E-state index in [0.717, 1.165) is 41.1 Å². The van der Waals surface area contributed by atoms with E-state index in [1.807, 2.05) is 26.0 Å². The van der Waals surface area contributed by atoms with Crippen molar-refractivity contribution in [3.8, 4) is 0 Å². The average Bonchev–Trinajstić information content (AvgIpc) is 3.18. The summed E-state index contributed by atoms with van der Waals surface area (Å²) < 4.78 is 66.7. The number of sulfonamides is 1. The number of likely N-dealkylation sites (tertiary alicyclic amines) is 1. The van der Waals surface area contributed by atoms with Gasteiger partial charge in [-0.1, -0.05) is 65.8 Å². The Morgan fingerprint density at radius 3 is 2.11 bits per heavy atom. The number of amides is 3. The second kappa shape index (κ2) is 22.7. The van der Waals surface area contributed by atoms with Crippen molar-refractivity contribution in [2.24, 2.45) is 5.92 Å². The molecule has 1 aliphatic heterocycles. The maximum Gasteiger partial charge on any atom is 0.490 e. The first-order chi connectivity index (χ1) is 28.4. The molecule has 5 N–H and O–H groups in total. The standard InChI is InChI=1S/C40H53N5O5S.C3H3F3O2.C2H6/c1-8-10-38(47)44(27-46)19-18-42-39(48)33-14-17-37(36(41)23-33)51(49,50)43-34-15-12-31(13-16-34)25-45(20-9-11-28(2)24-45)26-32-21-29(3)30(4)35(22-32)40(5,6)7;1-8-2(7)3(4,5)6;1-2/h8,10,12-17,21-23,27-28,43H,9,11,18-20,24-26,41H2,1-7H3;1H3;1-2H3/p+2/b10-8-;;/t28-,45?;;/m0../s1. The Balaban J connectivity index is 0.00000115. The Morgan fingerprint density at radius 2 is 1.61 bits per heavy atom. The van der Waals surface area contributed by atoms with E-state index in [2.05, 4.69) is 74.2 Å². The fourth-order valence-corrected chi connectivity index (χ4v) is 8.58. The topological polar surface area (TPSA) is 167 Å². The van der Waals surface area contributed by atoms with Crippen molar-refractivity contribution in [2.45, 2.75) is 105 Å². The number of hydrogen-bond acceptors (Lipinski definition) is 7. The third-order valence-corrected chi connectivity index (χ3v) is 11.7. The number of benzene rings is 3. The maximum atomic E-state index is 13.4. The van der Waals surface area contributed by atoms with Crippen LogP contribution < -0.4 is 15.8 Å². The summed E-state index contributed by atoms with van der Waals surface area (Å²) in [5.41, 5.74) is 11.4. The van der Waals surface area contributed by atoms with Crippen molar-refractivity contribution in [1.29, 1.82) is 0 Å². The molecule has 12 nitrogen and oxygen atoms in total. The molecule has 1 unspecified atom stereocenters. The number of alkyl halides is 3. The molecule has 2 atom stereocenters. The van der Waals surface area contributed by atoms with Crippen molar-refractivity contribution in [3.63, 3.8) is 0 Å². The number of hydrogen-bond donors (Lipinski definition) is 3. The van der Waals surface area contributed by atoms with Gasteiger partial charge in [-0.3, -0.25) is 24.0 Å². The van der Waals surface area contributed by atoms with Crippen molar-refractivity contribution in [2.75, 3.05) is 38.0 Å². The molecule has 3 aromatic carbocycles. The van der Waals surface area contributed by atoms with E-state index in [0.29, 0.717) is 25.1 Å². The van der Waals surface area contributed by atoms with Crippen LogP contribution in [0, 0.1) is 19.8 Å². The van der Waals surface area contributed by atoms with Crippen LogP contribution >= 0.6 is 0 Å². The minimum atomic E-state index is -4.85. The summed E-state index contributed by atoms with van der Waals surface area (Å²) in [5.74, 6) is -2.51. The van der Waals surface area contributed by atoms with Crippen LogP contribution in [-0.2, 0) is 47.6 Å². The number of carbonyl (C=O) groups is 4. The molecule has 4 rings (SSSR count). The summed E-state index contributed by atoms with van der Waals surface area (Å²) in [6.07, 6.45) is 0.756. The van der Waals surface area contributed by atoms with Crippen LogP contribution in [0.2, 0.25) is 0 Å². The lowest BCUT2D eigenvalue weighted by atomic mass is 9.81. The molecule has 3 aromatic rings. The van der Waals surface area contributed by atoms with Gasteiger partial charge in [0.1, 0.15) is 23.7 Å². The SMILES string of the molecule is C/C=C\C(=O)N(C=O)CCNC(=O)c1ccc(S(=O)(=O)Nc2ccc(C[N+]3(Cc4cc(C)c(C)c(C(C)(C)C)c4)CCC[C@H](C)C3)cc2)c([NH3+])c1.CC.COC(=O)C(F)(F)F. The van der Waals surface area contributed by atoms with Gasteiger partial charge in [0.05, 0.1) is 20.2 Å². The van der Waals surface area contributed by atoms with Crippen LogP contribution in [0.25, 0.3) is 0 Å². The molecule has 0 aromatic heterocycles. The first-order valence-electron chi connectivity index (χ1n) is 20.3.